The largest absolute Gasteiger partial charge is 0.322 e. The molecule has 0 heterocycles. The molecule has 0 aliphatic heterocycles. The number of carbonyl (C=O) groups excluding carboxylic acids is 1. The van der Waals surface area contributed by atoms with Crippen molar-refractivity contribution < 1.29 is 13.2 Å². The molecule has 3 aromatic carbocycles. The summed E-state index contributed by atoms with van der Waals surface area (Å²) < 4.78 is 27.4. The summed E-state index contributed by atoms with van der Waals surface area (Å²) in [5, 5.41) is 3.30. The Morgan fingerprint density at radius 2 is 1.55 bits per heavy atom. The average Bonchev–Trinajstić information content (AvgIpc) is 2.74. The second-order valence-electron chi connectivity index (χ2n) is 7.32. The van der Waals surface area contributed by atoms with Crippen LogP contribution in [0.2, 0.25) is 10.0 Å². The van der Waals surface area contributed by atoms with Gasteiger partial charge in [-0.05, 0) is 66.1 Å². The van der Waals surface area contributed by atoms with Crippen molar-refractivity contribution >= 4 is 50.5 Å². The summed E-state index contributed by atoms with van der Waals surface area (Å²) >= 11 is 12.1. The van der Waals surface area contributed by atoms with Crippen LogP contribution in [0.25, 0.3) is 0 Å². The van der Waals surface area contributed by atoms with Crippen LogP contribution in [0.15, 0.2) is 71.6 Å². The highest BCUT2D eigenvalue weighted by Gasteiger charge is 2.25. The maximum Gasteiger partial charge on any atom is 0.265 e. The summed E-state index contributed by atoms with van der Waals surface area (Å²) in [4.78, 5) is 12.6. The van der Waals surface area contributed by atoms with Gasteiger partial charge in [-0.3, -0.25) is 9.10 Å². The molecule has 1 N–H and O–H groups in total. The molecule has 3 aromatic rings. The van der Waals surface area contributed by atoms with Crippen LogP contribution in [-0.2, 0) is 10.0 Å². The topological polar surface area (TPSA) is 66.5 Å². The molecule has 0 saturated carbocycles. The van der Waals surface area contributed by atoms with Gasteiger partial charge in [0, 0.05) is 23.3 Å². The van der Waals surface area contributed by atoms with Crippen LogP contribution in [-0.4, -0.2) is 21.4 Å². The second-order valence-corrected chi connectivity index (χ2v) is 10.1. The van der Waals surface area contributed by atoms with Gasteiger partial charge in [0.25, 0.3) is 15.9 Å². The predicted octanol–water partition coefficient (Wildman–Crippen LogP) is 6.19. The zero-order valence-corrected chi connectivity index (χ0v) is 19.6. The predicted molar refractivity (Wildman–Crippen MR) is 127 cm³/mol. The quantitative estimate of drug-likeness (QED) is 0.460. The smallest absolute Gasteiger partial charge is 0.265 e. The van der Waals surface area contributed by atoms with Gasteiger partial charge in [-0.1, -0.05) is 49.2 Å². The minimum Gasteiger partial charge on any atom is -0.322 e. The van der Waals surface area contributed by atoms with Crippen LogP contribution in [0.4, 0.5) is 11.4 Å². The van der Waals surface area contributed by atoms with E-state index in [2.05, 4.69) is 19.2 Å². The third-order valence-corrected chi connectivity index (χ3v) is 7.38. The van der Waals surface area contributed by atoms with Crippen molar-refractivity contribution in [2.45, 2.75) is 24.7 Å². The number of hydrogen-bond acceptors (Lipinski definition) is 3. The number of nitrogens with one attached hydrogen (secondary N) is 1. The van der Waals surface area contributed by atoms with E-state index in [-0.39, 0.29) is 15.5 Å². The first-order chi connectivity index (χ1) is 14.6. The monoisotopic (exact) mass is 476 g/mol. The Hall–Kier alpha value is -2.54. The lowest BCUT2D eigenvalue weighted by molar-refractivity contribution is 0.102. The fourth-order valence-electron chi connectivity index (χ4n) is 2.93. The van der Waals surface area contributed by atoms with Crippen molar-refractivity contribution in [1.29, 1.82) is 0 Å². The van der Waals surface area contributed by atoms with Gasteiger partial charge in [0.1, 0.15) is 4.90 Å². The second kappa shape index (κ2) is 9.30. The van der Waals surface area contributed by atoms with E-state index in [9.17, 15) is 13.2 Å². The highest BCUT2D eigenvalue weighted by atomic mass is 35.5. The Balaban J connectivity index is 1.88. The fourth-order valence-corrected chi connectivity index (χ4v) is 4.75. The number of sulfonamides is 1. The molecule has 0 saturated heterocycles. The number of carbonyl (C=O) groups is 1. The lowest BCUT2D eigenvalue weighted by atomic mass is 10.0. The molecule has 0 unspecified atom stereocenters. The van der Waals surface area contributed by atoms with E-state index >= 15 is 0 Å². The van der Waals surface area contributed by atoms with E-state index in [0.29, 0.717) is 22.3 Å². The number of anilines is 2. The van der Waals surface area contributed by atoms with Gasteiger partial charge in [-0.2, -0.15) is 0 Å². The molecule has 162 valence electrons. The van der Waals surface area contributed by atoms with Crippen molar-refractivity contribution in [3.8, 4) is 0 Å². The standard InChI is InChI=1S/C23H22Cl2N2O3S/c1-15(2)16-4-9-19(10-5-16)26-23(28)17-6-13-21(25)22(14-17)31(29,30)27(3)20-11-7-18(24)8-12-20/h4-15H,1-3H3,(H,26,28). The molecular formula is C23H22Cl2N2O3S. The maximum atomic E-state index is 13.1. The molecule has 3 rings (SSSR count). The number of rotatable bonds is 6. The molecule has 0 spiro atoms. The molecule has 5 nitrogen and oxygen atoms in total. The van der Waals surface area contributed by atoms with E-state index in [1.54, 1.807) is 24.3 Å². The zero-order valence-electron chi connectivity index (χ0n) is 17.3. The molecule has 0 aromatic heterocycles. The van der Waals surface area contributed by atoms with Crippen molar-refractivity contribution in [1.82, 2.24) is 0 Å². The molecule has 0 fully saturated rings. The number of halogens is 2. The Labute approximate surface area is 192 Å². The summed E-state index contributed by atoms with van der Waals surface area (Å²) in [6.07, 6.45) is 0. The van der Waals surface area contributed by atoms with Gasteiger partial charge in [-0.15, -0.1) is 0 Å². The third-order valence-electron chi connectivity index (χ3n) is 4.86. The first kappa shape index (κ1) is 23.1. The Bertz CT molecular complexity index is 1190. The maximum absolute atomic E-state index is 13.1. The minimum absolute atomic E-state index is 0.0265. The van der Waals surface area contributed by atoms with E-state index in [4.69, 9.17) is 23.2 Å². The fraction of sp³-hybridized carbons (Fsp3) is 0.174. The highest BCUT2D eigenvalue weighted by Crippen LogP contribution is 2.29. The van der Waals surface area contributed by atoms with Crippen LogP contribution < -0.4 is 9.62 Å². The van der Waals surface area contributed by atoms with Gasteiger partial charge in [0.05, 0.1) is 10.7 Å². The van der Waals surface area contributed by atoms with Crippen molar-refractivity contribution in [3.63, 3.8) is 0 Å². The lowest BCUT2D eigenvalue weighted by Gasteiger charge is -2.20. The van der Waals surface area contributed by atoms with Crippen LogP contribution in [0.3, 0.4) is 0 Å². The molecule has 1 amide bonds. The number of benzene rings is 3. The van der Waals surface area contributed by atoms with E-state index in [1.807, 2.05) is 24.3 Å². The highest BCUT2D eigenvalue weighted by molar-refractivity contribution is 7.93. The Morgan fingerprint density at radius 1 is 0.935 bits per heavy atom. The first-order valence-corrected chi connectivity index (χ1v) is 11.7. The summed E-state index contributed by atoms with van der Waals surface area (Å²) in [5.41, 5.74) is 2.37. The molecule has 8 heteroatoms. The van der Waals surface area contributed by atoms with Crippen LogP contribution in [0.5, 0.6) is 0 Å². The first-order valence-electron chi connectivity index (χ1n) is 9.55. The number of nitrogens with zero attached hydrogens (tertiary/aromatic N) is 1. The summed E-state index contributed by atoms with van der Waals surface area (Å²) in [5.74, 6) is -0.0500. The molecule has 31 heavy (non-hydrogen) atoms. The van der Waals surface area contributed by atoms with Crippen molar-refractivity contribution in [2.24, 2.45) is 0 Å². The van der Waals surface area contributed by atoms with E-state index in [0.717, 1.165) is 9.87 Å². The van der Waals surface area contributed by atoms with Gasteiger partial charge >= 0.3 is 0 Å². The SMILES string of the molecule is CC(C)c1ccc(NC(=O)c2ccc(Cl)c(S(=O)(=O)N(C)c3ccc(Cl)cc3)c2)cc1. The van der Waals surface area contributed by atoms with Crippen LogP contribution >= 0.6 is 23.2 Å². The van der Waals surface area contributed by atoms with Gasteiger partial charge in [0.2, 0.25) is 0 Å². The summed E-state index contributed by atoms with van der Waals surface area (Å²) in [6, 6.07) is 18.1. The Morgan fingerprint density at radius 3 is 2.13 bits per heavy atom. The average molecular weight is 477 g/mol. The number of amides is 1. The van der Waals surface area contributed by atoms with Crippen molar-refractivity contribution in [2.75, 3.05) is 16.7 Å². The van der Waals surface area contributed by atoms with Crippen LogP contribution in [0, 0.1) is 0 Å². The zero-order chi connectivity index (χ0) is 22.8. The van der Waals surface area contributed by atoms with Gasteiger partial charge in [0.15, 0.2) is 0 Å². The van der Waals surface area contributed by atoms with Gasteiger partial charge in [-0.25, -0.2) is 8.42 Å². The molecule has 0 aliphatic rings. The normalized spacial score (nSPS) is 11.4. The van der Waals surface area contributed by atoms with E-state index < -0.39 is 15.9 Å². The van der Waals surface area contributed by atoms with Crippen molar-refractivity contribution in [3.05, 3.63) is 87.9 Å². The summed E-state index contributed by atoms with van der Waals surface area (Å²) in [7, 11) is -2.59. The van der Waals surface area contributed by atoms with Gasteiger partial charge < -0.3 is 5.32 Å². The minimum atomic E-state index is -4.00. The number of hydrogen-bond donors (Lipinski definition) is 1. The molecule has 0 aliphatic carbocycles. The molecular weight excluding hydrogens is 455 g/mol. The Kier molecular flexibility index (Phi) is 6.94. The lowest BCUT2D eigenvalue weighted by Crippen LogP contribution is -2.27. The summed E-state index contributed by atoms with van der Waals surface area (Å²) in [6.45, 7) is 4.18. The third kappa shape index (κ3) is 5.21. The molecule has 0 bridgehead atoms. The van der Waals surface area contributed by atoms with Crippen LogP contribution in [0.1, 0.15) is 35.7 Å². The molecule has 0 atom stereocenters. The molecule has 0 radical (unpaired) electrons. The van der Waals surface area contributed by atoms with E-state index in [1.165, 1.54) is 25.2 Å².